The molecule has 0 fully saturated rings. The molecule has 0 atom stereocenters. The number of hydrogen-bond acceptors (Lipinski definition) is 6. The Labute approximate surface area is 207 Å². The highest BCUT2D eigenvalue weighted by atomic mass is 32.1. The largest absolute Gasteiger partial charge is 0.573 e. The summed E-state index contributed by atoms with van der Waals surface area (Å²) in [6.07, 6.45) is -3.04. The minimum Gasteiger partial charge on any atom is -0.478 e. The zero-order valence-corrected chi connectivity index (χ0v) is 19.8. The molecule has 0 aliphatic carbocycles. The van der Waals surface area contributed by atoms with Gasteiger partial charge in [-0.2, -0.15) is 0 Å². The first kappa shape index (κ1) is 25.2. The van der Waals surface area contributed by atoms with Crippen LogP contribution in [0.3, 0.4) is 0 Å². The number of anilines is 2. The average molecular weight is 521 g/mol. The molecule has 0 amide bonds. The summed E-state index contributed by atoms with van der Waals surface area (Å²) in [6.45, 7) is 3.89. The van der Waals surface area contributed by atoms with Gasteiger partial charge in [0.2, 0.25) is 0 Å². The first-order chi connectivity index (χ1) is 17.0. The average Bonchev–Trinajstić information content (AvgIpc) is 3.45. The van der Waals surface area contributed by atoms with Crippen molar-refractivity contribution in [2.24, 2.45) is 5.92 Å². The Balaban J connectivity index is 1.72. The molecule has 0 saturated heterocycles. The van der Waals surface area contributed by atoms with E-state index in [2.05, 4.69) is 20.1 Å². The van der Waals surface area contributed by atoms with Gasteiger partial charge in [-0.05, 0) is 42.0 Å². The number of alkyl halides is 3. The summed E-state index contributed by atoms with van der Waals surface area (Å²) >= 11 is 1.44. The van der Waals surface area contributed by atoms with Crippen LogP contribution in [0.2, 0.25) is 0 Å². The zero-order chi connectivity index (χ0) is 26.0. The summed E-state index contributed by atoms with van der Waals surface area (Å²) in [6, 6.07) is 9.86. The highest BCUT2D eigenvalue weighted by Crippen LogP contribution is 2.31. The van der Waals surface area contributed by atoms with Gasteiger partial charge in [0.1, 0.15) is 11.4 Å². The molecule has 7 nitrogen and oxygen atoms in total. The van der Waals surface area contributed by atoms with Gasteiger partial charge >= 0.3 is 12.3 Å². The van der Waals surface area contributed by atoms with Crippen LogP contribution in [0.4, 0.5) is 29.2 Å². The number of thiophene rings is 1. The van der Waals surface area contributed by atoms with Crippen molar-refractivity contribution in [3.05, 3.63) is 71.1 Å². The third kappa shape index (κ3) is 5.82. The minimum atomic E-state index is -5.06. The number of nitrogens with one attached hydrogen (secondary N) is 1. The van der Waals surface area contributed by atoms with Crippen LogP contribution in [-0.2, 0) is 6.42 Å². The molecular formula is C24H20F4N4O3S. The molecular weight excluding hydrogens is 500 g/mol. The number of halogens is 4. The van der Waals surface area contributed by atoms with Crippen molar-refractivity contribution in [3.8, 4) is 21.9 Å². The Kier molecular flexibility index (Phi) is 6.97. The SMILES string of the molecule is CC(C)Cc1cc(Nc2ncc(-c3cccs3)cc2C(=O)O)nn1-c1ccc(F)c(OC(F)(F)F)c1. The molecule has 3 aromatic heterocycles. The van der Waals surface area contributed by atoms with E-state index in [1.807, 2.05) is 31.4 Å². The highest BCUT2D eigenvalue weighted by molar-refractivity contribution is 7.13. The number of aromatic nitrogens is 3. The van der Waals surface area contributed by atoms with Crippen LogP contribution in [0, 0.1) is 11.7 Å². The molecule has 0 unspecified atom stereocenters. The third-order valence-corrected chi connectivity index (χ3v) is 5.87. The number of carboxylic acid groups (broad SMARTS) is 1. The van der Waals surface area contributed by atoms with Crippen LogP contribution in [0.25, 0.3) is 16.1 Å². The molecule has 12 heteroatoms. The molecule has 4 rings (SSSR count). The van der Waals surface area contributed by atoms with Crippen LogP contribution in [-0.4, -0.2) is 32.2 Å². The lowest BCUT2D eigenvalue weighted by molar-refractivity contribution is -0.275. The van der Waals surface area contributed by atoms with Crippen molar-refractivity contribution in [1.29, 1.82) is 0 Å². The highest BCUT2D eigenvalue weighted by Gasteiger charge is 2.32. The summed E-state index contributed by atoms with van der Waals surface area (Å²) < 4.78 is 57.2. The first-order valence-electron chi connectivity index (χ1n) is 10.7. The Morgan fingerprint density at radius 2 is 2.00 bits per heavy atom. The number of carbonyl (C=O) groups is 1. The van der Waals surface area contributed by atoms with E-state index in [4.69, 9.17) is 0 Å². The topological polar surface area (TPSA) is 89.3 Å². The summed E-state index contributed by atoms with van der Waals surface area (Å²) in [5, 5.41) is 18.9. The van der Waals surface area contributed by atoms with E-state index in [1.165, 1.54) is 34.3 Å². The summed E-state index contributed by atoms with van der Waals surface area (Å²) in [5.74, 6) is -2.95. The monoisotopic (exact) mass is 520 g/mol. The molecule has 0 bridgehead atoms. The molecule has 3 heterocycles. The van der Waals surface area contributed by atoms with Gasteiger partial charge in [-0.3, -0.25) is 0 Å². The summed E-state index contributed by atoms with van der Waals surface area (Å²) in [4.78, 5) is 17.0. The molecule has 0 saturated carbocycles. The smallest absolute Gasteiger partial charge is 0.478 e. The third-order valence-electron chi connectivity index (χ3n) is 4.96. The zero-order valence-electron chi connectivity index (χ0n) is 19.0. The van der Waals surface area contributed by atoms with E-state index >= 15 is 0 Å². The Hall–Kier alpha value is -3.93. The van der Waals surface area contributed by atoms with Crippen molar-refractivity contribution in [1.82, 2.24) is 14.8 Å². The normalized spacial score (nSPS) is 11.6. The minimum absolute atomic E-state index is 0.0451. The Morgan fingerprint density at radius 3 is 2.64 bits per heavy atom. The van der Waals surface area contributed by atoms with Crippen molar-refractivity contribution in [2.75, 3.05) is 5.32 Å². The summed E-state index contributed by atoms with van der Waals surface area (Å²) in [5.41, 5.74) is 1.30. The van der Waals surface area contributed by atoms with Gasteiger partial charge in [0, 0.05) is 34.5 Å². The van der Waals surface area contributed by atoms with E-state index < -0.39 is 23.9 Å². The van der Waals surface area contributed by atoms with Gasteiger partial charge in [0.25, 0.3) is 0 Å². The number of hydrogen-bond donors (Lipinski definition) is 2. The van der Waals surface area contributed by atoms with Crippen LogP contribution in [0.1, 0.15) is 29.9 Å². The molecule has 0 aliphatic heterocycles. The van der Waals surface area contributed by atoms with Gasteiger partial charge < -0.3 is 15.2 Å². The van der Waals surface area contributed by atoms with Gasteiger partial charge in [-0.1, -0.05) is 19.9 Å². The van der Waals surface area contributed by atoms with Crippen molar-refractivity contribution in [2.45, 2.75) is 26.6 Å². The molecule has 4 aromatic rings. The molecule has 0 aliphatic rings. The fraction of sp³-hybridized carbons (Fsp3) is 0.208. The lowest BCUT2D eigenvalue weighted by atomic mass is 10.1. The number of benzene rings is 1. The van der Waals surface area contributed by atoms with E-state index in [0.717, 1.165) is 17.0 Å². The molecule has 0 spiro atoms. The van der Waals surface area contributed by atoms with Gasteiger partial charge in [-0.15, -0.1) is 29.6 Å². The number of carboxylic acids is 1. The van der Waals surface area contributed by atoms with Gasteiger partial charge in [0.15, 0.2) is 17.4 Å². The maximum Gasteiger partial charge on any atom is 0.573 e. The van der Waals surface area contributed by atoms with Crippen LogP contribution in [0.5, 0.6) is 5.75 Å². The van der Waals surface area contributed by atoms with Crippen molar-refractivity contribution < 1.29 is 32.2 Å². The lowest BCUT2D eigenvalue weighted by Crippen LogP contribution is -2.18. The van der Waals surface area contributed by atoms with Crippen molar-refractivity contribution >= 4 is 28.9 Å². The Bertz CT molecular complexity index is 1380. The second-order valence-electron chi connectivity index (χ2n) is 8.22. The number of pyridine rings is 1. The summed E-state index contributed by atoms with van der Waals surface area (Å²) in [7, 11) is 0. The fourth-order valence-corrected chi connectivity index (χ4v) is 4.23. The van der Waals surface area contributed by atoms with Gasteiger partial charge in [0.05, 0.1) is 5.69 Å². The molecule has 1 aromatic carbocycles. The first-order valence-corrected chi connectivity index (χ1v) is 11.6. The molecule has 36 heavy (non-hydrogen) atoms. The van der Waals surface area contributed by atoms with Crippen LogP contribution < -0.4 is 10.1 Å². The fourth-order valence-electron chi connectivity index (χ4n) is 3.52. The second-order valence-corrected chi connectivity index (χ2v) is 9.17. The molecule has 188 valence electrons. The Morgan fingerprint density at radius 1 is 1.22 bits per heavy atom. The molecule has 0 radical (unpaired) electrons. The second kappa shape index (κ2) is 9.97. The predicted molar refractivity (Wildman–Crippen MR) is 127 cm³/mol. The van der Waals surface area contributed by atoms with E-state index in [1.54, 1.807) is 6.07 Å². The van der Waals surface area contributed by atoms with E-state index in [9.17, 15) is 27.5 Å². The van der Waals surface area contributed by atoms with E-state index in [0.29, 0.717) is 17.7 Å². The van der Waals surface area contributed by atoms with Crippen LogP contribution in [0.15, 0.2) is 54.0 Å². The maximum atomic E-state index is 13.9. The van der Waals surface area contributed by atoms with Crippen LogP contribution >= 0.6 is 11.3 Å². The number of nitrogens with zero attached hydrogens (tertiary/aromatic N) is 3. The number of ether oxygens (including phenoxy) is 1. The van der Waals surface area contributed by atoms with E-state index in [-0.39, 0.29) is 28.8 Å². The maximum absolute atomic E-state index is 13.9. The molecule has 2 N–H and O–H groups in total. The van der Waals surface area contributed by atoms with Gasteiger partial charge in [-0.25, -0.2) is 18.9 Å². The quantitative estimate of drug-likeness (QED) is 0.252. The van der Waals surface area contributed by atoms with Crippen molar-refractivity contribution in [3.63, 3.8) is 0 Å². The lowest BCUT2D eigenvalue weighted by Gasteiger charge is -2.13. The predicted octanol–water partition coefficient (Wildman–Crippen LogP) is 6.67. The number of aromatic carboxylic acids is 1. The standard InChI is InChI=1S/C24H20F4N4O3S/c1-13(2)8-16-11-21(31-32(16)15-5-6-18(25)19(10-15)35-24(26,27)28)30-22-17(23(33)34)9-14(12-29-22)20-4-3-7-36-20/h3-7,9-13H,8H2,1-2H3,(H,33,34)(H,29,30,31). The number of rotatable bonds is 8.